The van der Waals surface area contributed by atoms with E-state index in [0.29, 0.717) is 0 Å². The zero-order chi connectivity index (χ0) is 16.1. The van der Waals surface area contributed by atoms with Gasteiger partial charge in [0, 0.05) is 21.5 Å². The topological polar surface area (TPSA) is 4.93 Å². The molecule has 1 aromatic heterocycles. The number of fused-ring (bicyclic) bond motifs is 4. The summed E-state index contributed by atoms with van der Waals surface area (Å²) >= 11 is 6.18. The van der Waals surface area contributed by atoms with Crippen molar-refractivity contribution in [1.82, 2.24) is 4.57 Å². The van der Waals surface area contributed by atoms with E-state index in [9.17, 15) is 0 Å². The van der Waals surface area contributed by atoms with Gasteiger partial charge in [0.1, 0.15) is 0 Å². The second kappa shape index (κ2) is 5.12. The van der Waals surface area contributed by atoms with Crippen molar-refractivity contribution in [1.29, 1.82) is 0 Å². The minimum absolute atomic E-state index is 0.772. The largest absolute Gasteiger partial charge is 0.309 e. The SMILES string of the molecule is Clc1ccc2cc3c(cc2c1)c1ccccc1n3-c1ccccc1. The van der Waals surface area contributed by atoms with E-state index in [1.807, 2.05) is 12.1 Å². The predicted molar refractivity (Wildman–Crippen MR) is 103 cm³/mol. The van der Waals surface area contributed by atoms with E-state index in [1.54, 1.807) is 0 Å². The Labute approximate surface area is 144 Å². The van der Waals surface area contributed by atoms with Gasteiger partial charge in [-0.25, -0.2) is 0 Å². The number of aromatic nitrogens is 1. The van der Waals surface area contributed by atoms with Crippen LogP contribution < -0.4 is 0 Å². The van der Waals surface area contributed by atoms with Crippen LogP contribution in [0.15, 0.2) is 84.9 Å². The minimum atomic E-state index is 0.772. The van der Waals surface area contributed by atoms with Gasteiger partial charge in [-0.15, -0.1) is 0 Å². The molecule has 24 heavy (non-hydrogen) atoms. The fraction of sp³-hybridized carbons (Fsp3) is 0. The Balaban J connectivity index is 2.01. The number of hydrogen-bond acceptors (Lipinski definition) is 0. The van der Waals surface area contributed by atoms with Crippen molar-refractivity contribution in [2.45, 2.75) is 0 Å². The Morgan fingerprint density at radius 2 is 1.38 bits per heavy atom. The van der Waals surface area contributed by atoms with Gasteiger partial charge >= 0.3 is 0 Å². The van der Waals surface area contributed by atoms with Gasteiger partial charge in [-0.2, -0.15) is 0 Å². The summed E-state index contributed by atoms with van der Waals surface area (Å²) in [6.45, 7) is 0. The molecule has 0 fully saturated rings. The Morgan fingerprint density at radius 3 is 2.25 bits per heavy atom. The van der Waals surface area contributed by atoms with E-state index in [2.05, 4.69) is 77.4 Å². The van der Waals surface area contributed by atoms with E-state index in [4.69, 9.17) is 11.6 Å². The molecule has 0 bridgehead atoms. The third-order valence-electron chi connectivity index (χ3n) is 4.61. The highest BCUT2D eigenvalue weighted by atomic mass is 35.5. The summed E-state index contributed by atoms with van der Waals surface area (Å²) in [5.74, 6) is 0. The lowest BCUT2D eigenvalue weighted by molar-refractivity contribution is 1.18. The quantitative estimate of drug-likeness (QED) is 0.327. The molecular weight excluding hydrogens is 314 g/mol. The summed E-state index contributed by atoms with van der Waals surface area (Å²) in [7, 11) is 0. The Kier molecular flexibility index (Phi) is 2.91. The van der Waals surface area contributed by atoms with E-state index in [0.717, 1.165) is 5.02 Å². The molecule has 4 aromatic carbocycles. The van der Waals surface area contributed by atoms with E-state index in [1.165, 1.54) is 38.3 Å². The van der Waals surface area contributed by atoms with Crippen LogP contribution in [0.3, 0.4) is 0 Å². The van der Waals surface area contributed by atoms with Crippen LogP contribution in [0, 0.1) is 0 Å². The van der Waals surface area contributed by atoms with Gasteiger partial charge in [-0.05, 0) is 53.2 Å². The number of para-hydroxylation sites is 2. The molecule has 5 aromatic rings. The lowest BCUT2D eigenvalue weighted by atomic mass is 10.1. The highest BCUT2D eigenvalue weighted by Gasteiger charge is 2.12. The molecule has 114 valence electrons. The lowest BCUT2D eigenvalue weighted by Crippen LogP contribution is -1.92. The van der Waals surface area contributed by atoms with Gasteiger partial charge in [0.05, 0.1) is 11.0 Å². The number of hydrogen-bond donors (Lipinski definition) is 0. The maximum absolute atomic E-state index is 6.18. The zero-order valence-electron chi connectivity index (χ0n) is 12.9. The second-order valence-corrected chi connectivity index (χ2v) is 6.49. The van der Waals surface area contributed by atoms with E-state index < -0.39 is 0 Å². The van der Waals surface area contributed by atoms with Crippen LogP contribution in [-0.2, 0) is 0 Å². The standard InChI is InChI=1S/C22H14ClN/c23-17-11-10-15-14-22-20(13-16(15)12-17)19-8-4-5-9-21(19)24(22)18-6-2-1-3-7-18/h1-14H. The first-order valence-corrected chi connectivity index (χ1v) is 8.37. The van der Waals surface area contributed by atoms with Gasteiger partial charge in [-0.3, -0.25) is 0 Å². The fourth-order valence-corrected chi connectivity index (χ4v) is 3.72. The summed E-state index contributed by atoms with van der Waals surface area (Å²) in [6.07, 6.45) is 0. The first-order chi connectivity index (χ1) is 11.8. The van der Waals surface area contributed by atoms with E-state index in [-0.39, 0.29) is 0 Å². The number of nitrogens with zero attached hydrogens (tertiary/aromatic N) is 1. The normalized spacial score (nSPS) is 11.5. The molecule has 0 spiro atoms. The summed E-state index contributed by atoms with van der Waals surface area (Å²) in [4.78, 5) is 0. The molecule has 0 radical (unpaired) electrons. The summed E-state index contributed by atoms with van der Waals surface area (Å²) in [5.41, 5.74) is 3.62. The van der Waals surface area contributed by atoms with Crippen LogP contribution in [0.2, 0.25) is 5.02 Å². The highest BCUT2D eigenvalue weighted by Crippen LogP contribution is 2.35. The van der Waals surface area contributed by atoms with Gasteiger partial charge in [0.25, 0.3) is 0 Å². The maximum atomic E-state index is 6.18. The van der Waals surface area contributed by atoms with Crippen LogP contribution in [0.5, 0.6) is 0 Å². The molecular formula is C22H14ClN. The van der Waals surface area contributed by atoms with Crippen LogP contribution in [0.4, 0.5) is 0 Å². The third kappa shape index (κ3) is 1.95. The molecule has 0 aliphatic heterocycles. The van der Waals surface area contributed by atoms with Crippen molar-refractivity contribution in [3.8, 4) is 5.69 Å². The summed E-state index contributed by atoms with van der Waals surface area (Å²) in [6, 6.07) is 29.6. The zero-order valence-corrected chi connectivity index (χ0v) is 13.7. The number of halogens is 1. The first-order valence-electron chi connectivity index (χ1n) is 7.99. The molecule has 0 atom stereocenters. The average Bonchev–Trinajstić information content (AvgIpc) is 2.94. The summed E-state index contributed by atoms with van der Waals surface area (Å²) < 4.78 is 2.33. The Hall–Kier alpha value is -2.77. The second-order valence-electron chi connectivity index (χ2n) is 6.05. The minimum Gasteiger partial charge on any atom is -0.309 e. The molecule has 1 heterocycles. The lowest BCUT2D eigenvalue weighted by Gasteiger charge is -2.08. The molecule has 0 amide bonds. The van der Waals surface area contributed by atoms with Gasteiger partial charge < -0.3 is 4.57 Å². The van der Waals surface area contributed by atoms with Gasteiger partial charge in [0.2, 0.25) is 0 Å². The maximum Gasteiger partial charge on any atom is 0.0547 e. The highest BCUT2D eigenvalue weighted by molar-refractivity contribution is 6.31. The molecule has 0 aliphatic carbocycles. The molecule has 1 nitrogen and oxygen atoms in total. The van der Waals surface area contributed by atoms with Crippen LogP contribution in [0.25, 0.3) is 38.3 Å². The molecule has 2 heteroatoms. The third-order valence-corrected chi connectivity index (χ3v) is 4.84. The van der Waals surface area contributed by atoms with Gasteiger partial charge in [-0.1, -0.05) is 54.1 Å². The van der Waals surface area contributed by atoms with Crippen LogP contribution >= 0.6 is 11.6 Å². The first kappa shape index (κ1) is 13.6. The van der Waals surface area contributed by atoms with E-state index >= 15 is 0 Å². The van der Waals surface area contributed by atoms with Crippen molar-refractivity contribution < 1.29 is 0 Å². The summed E-state index contributed by atoms with van der Waals surface area (Å²) in [5, 5.41) is 5.66. The van der Waals surface area contributed by atoms with Crippen molar-refractivity contribution in [3.63, 3.8) is 0 Å². The molecule has 0 N–H and O–H groups in total. The predicted octanol–water partition coefficient (Wildman–Crippen LogP) is 6.59. The Morgan fingerprint density at radius 1 is 0.583 bits per heavy atom. The molecule has 5 rings (SSSR count). The smallest absolute Gasteiger partial charge is 0.0547 e. The molecule has 0 saturated carbocycles. The fourth-order valence-electron chi connectivity index (χ4n) is 3.54. The van der Waals surface area contributed by atoms with Crippen LogP contribution in [-0.4, -0.2) is 4.57 Å². The van der Waals surface area contributed by atoms with Crippen molar-refractivity contribution in [2.75, 3.05) is 0 Å². The van der Waals surface area contributed by atoms with Gasteiger partial charge in [0.15, 0.2) is 0 Å². The Bertz CT molecular complexity index is 1200. The molecule has 0 unspecified atom stereocenters. The monoisotopic (exact) mass is 327 g/mol. The number of rotatable bonds is 1. The van der Waals surface area contributed by atoms with Crippen molar-refractivity contribution >= 4 is 44.2 Å². The van der Waals surface area contributed by atoms with Crippen molar-refractivity contribution in [3.05, 3.63) is 90.0 Å². The molecule has 0 saturated heterocycles. The average molecular weight is 328 g/mol. The number of benzene rings is 4. The van der Waals surface area contributed by atoms with Crippen LogP contribution in [0.1, 0.15) is 0 Å². The molecule has 0 aliphatic rings. The van der Waals surface area contributed by atoms with Crippen molar-refractivity contribution in [2.24, 2.45) is 0 Å².